The highest BCUT2D eigenvalue weighted by atomic mass is 19.1. The van der Waals surface area contributed by atoms with E-state index in [1.165, 1.54) is 16.8 Å². The van der Waals surface area contributed by atoms with E-state index in [0.717, 1.165) is 16.3 Å². The molecule has 5 nitrogen and oxygen atoms in total. The lowest BCUT2D eigenvalue weighted by molar-refractivity contribution is 0.0929. The summed E-state index contributed by atoms with van der Waals surface area (Å²) in [5, 5.41) is 9.49. The molecular weight excluding hydrogens is 355 g/mol. The molecule has 0 saturated carbocycles. The van der Waals surface area contributed by atoms with Crippen LogP contribution in [0.1, 0.15) is 35.0 Å². The van der Waals surface area contributed by atoms with Crippen LogP contribution in [0.15, 0.2) is 66.7 Å². The number of benzene rings is 3. The Labute approximate surface area is 161 Å². The highest BCUT2D eigenvalue weighted by molar-refractivity contribution is 5.91. The maximum absolute atomic E-state index is 13.1. The first-order valence-corrected chi connectivity index (χ1v) is 9.00. The van der Waals surface area contributed by atoms with Crippen LogP contribution in [0.25, 0.3) is 16.5 Å². The third-order valence-corrected chi connectivity index (χ3v) is 4.66. The van der Waals surface area contributed by atoms with Gasteiger partial charge in [-0.2, -0.15) is 0 Å². The Bertz CT molecular complexity index is 1150. The van der Waals surface area contributed by atoms with E-state index in [9.17, 15) is 9.18 Å². The van der Waals surface area contributed by atoms with Crippen molar-refractivity contribution in [1.29, 1.82) is 0 Å². The first-order valence-electron chi connectivity index (χ1n) is 9.00. The van der Waals surface area contributed by atoms with Crippen LogP contribution < -0.4 is 5.32 Å². The quantitative estimate of drug-likeness (QED) is 0.577. The molecule has 4 aromatic rings. The zero-order valence-corrected chi connectivity index (χ0v) is 15.6. The van der Waals surface area contributed by atoms with Crippen molar-refractivity contribution in [2.45, 2.75) is 19.9 Å². The first-order chi connectivity index (χ1) is 13.5. The second-order valence-electron chi connectivity index (χ2n) is 6.67. The standard InChI is InChI=1S/C22H19FN4O/c1-14(17-8-7-16-5-3-4-6-18(16)13-17)24-22(28)21-25-15(2)27(26-21)20-11-9-19(23)10-12-20/h3-14H,1-2H3,(H,24,28)/t14-/m1/s1. The van der Waals surface area contributed by atoms with Crippen molar-refractivity contribution in [2.75, 3.05) is 0 Å². The van der Waals surface area contributed by atoms with E-state index in [1.54, 1.807) is 19.1 Å². The maximum atomic E-state index is 13.1. The normalized spacial score (nSPS) is 12.1. The molecule has 28 heavy (non-hydrogen) atoms. The molecular formula is C22H19FN4O. The van der Waals surface area contributed by atoms with Crippen LogP contribution in [0.3, 0.4) is 0 Å². The van der Waals surface area contributed by atoms with Crippen molar-refractivity contribution in [3.8, 4) is 5.69 Å². The van der Waals surface area contributed by atoms with Gasteiger partial charge in [0.05, 0.1) is 11.7 Å². The number of halogens is 1. The minimum absolute atomic E-state index is 0.0782. The number of nitrogens with one attached hydrogen (secondary N) is 1. The summed E-state index contributed by atoms with van der Waals surface area (Å²) >= 11 is 0. The molecule has 6 heteroatoms. The molecule has 140 valence electrons. The number of hydrogen-bond donors (Lipinski definition) is 1. The summed E-state index contributed by atoms with van der Waals surface area (Å²) < 4.78 is 14.7. The lowest BCUT2D eigenvalue weighted by atomic mass is 10.0. The van der Waals surface area contributed by atoms with Gasteiger partial charge in [0.2, 0.25) is 5.82 Å². The zero-order chi connectivity index (χ0) is 19.7. The fourth-order valence-corrected chi connectivity index (χ4v) is 3.13. The topological polar surface area (TPSA) is 59.8 Å². The van der Waals surface area contributed by atoms with Crippen molar-refractivity contribution < 1.29 is 9.18 Å². The van der Waals surface area contributed by atoms with Gasteiger partial charge in [0.1, 0.15) is 11.6 Å². The van der Waals surface area contributed by atoms with Gasteiger partial charge >= 0.3 is 0 Å². The predicted molar refractivity (Wildman–Crippen MR) is 106 cm³/mol. The molecule has 0 fully saturated rings. The molecule has 0 aliphatic heterocycles. The average Bonchev–Trinajstić information content (AvgIpc) is 3.10. The minimum atomic E-state index is -0.357. The van der Waals surface area contributed by atoms with E-state index in [1.807, 2.05) is 37.3 Å². The summed E-state index contributed by atoms with van der Waals surface area (Å²) in [7, 11) is 0. The summed E-state index contributed by atoms with van der Waals surface area (Å²) in [6.07, 6.45) is 0. The van der Waals surface area contributed by atoms with Crippen LogP contribution in [0, 0.1) is 12.7 Å². The van der Waals surface area contributed by atoms with Crippen LogP contribution in [-0.2, 0) is 0 Å². The van der Waals surface area contributed by atoms with Gasteiger partial charge in [-0.15, -0.1) is 5.10 Å². The summed E-state index contributed by atoms with van der Waals surface area (Å²) in [5.74, 6) is -0.0575. The van der Waals surface area contributed by atoms with Crippen molar-refractivity contribution in [2.24, 2.45) is 0 Å². The number of fused-ring (bicyclic) bond motifs is 1. The number of amides is 1. The van der Waals surface area contributed by atoms with Gasteiger partial charge in [-0.3, -0.25) is 4.79 Å². The molecule has 3 aromatic carbocycles. The van der Waals surface area contributed by atoms with Gasteiger partial charge in [0.15, 0.2) is 0 Å². The molecule has 0 spiro atoms. The van der Waals surface area contributed by atoms with Crippen molar-refractivity contribution >= 4 is 16.7 Å². The Kier molecular flexibility index (Phi) is 4.61. The monoisotopic (exact) mass is 374 g/mol. The molecule has 0 aliphatic carbocycles. The number of carbonyl (C=O) groups is 1. The fourth-order valence-electron chi connectivity index (χ4n) is 3.13. The van der Waals surface area contributed by atoms with Gasteiger partial charge in [-0.25, -0.2) is 14.1 Å². The largest absolute Gasteiger partial charge is 0.343 e. The molecule has 1 amide bonds. The maximum Gasteiger partial charge on any atom is 0.291 e. The second-order valence-corrected chi connectivity index (χ2v) is 6.67. The molecule has 1 N–H and O–H groups in total. The molecule has 0 unspecified atom stereocenters. The molecule has 0 aliphatic rings. The van der Waals surface area contributed by atoms with Crippen LogP contribution in [0.2, 0.25) is 0 Å². The third-order valence-electron chi connectivity index (χ3n) is 4.66. The van der Waals surface area contributed by atoms with Crippen LogP contribution in [-0.4, -0.2) is 20.7 Å². The van der Waals surface area contributed by atoms with E-state index in [-0.39, 0.29) is 23.6 Å². The lowest BCUT2D eigenvalue weighted by Gasteiger charge is -2.14. The highest BCUT2D eigenvalue weighted by Gasteiger charge is 2.18. The summed E-state index contributed by atoms with van der Waals surface area (Å²) in [4.78, 5) is 16.9. The number of hydrogen-bond acceptors (Lipinski definition) is 3. The van der Waals surface area contributed by atoms with E-state index >= 15 is 0 Å². The average molecular weight is 374 g/mol. The van der Waals surface area contributed by atoms with Crippen LogP contribution in [0.5, 0.6) is 0 Å². The Morgan fingerprint density at radius 1 is 1.04 bits per heavy atom. The van der Waals surface area contributed by atoms with Gasteiger partial charge in [0, 0.05) is 0 Å². The van der Waals surface area contributed by atoms with Crippen molar-refractivity contribution in [3.63, 3.8) is 0 Å². The smallest absolute Gasteiger partial charge is 0.291 e. The van der Waals surface area contributed by atoms with Gasteiger partial charge in [0.25, 0.3) is 5.91 Å². The number of carbonyl (C=O) groups excluding carboxylic acids is 1. The molecule has 4 rings (SSSR count). The Morgan fingerprint density at radius 3 is 2.50 bits per heavy atom. The Hall–Kier alpha value is -3.54. The number of aryl methyl sites for hydroxylation is 1. The third kappa shape index (κ3) is 3.49. The summed E-state index contributed by atoms with van der Waals surface area (Å²) in [6.45, 7) is 3.67. The Balaban J connectivity index is 1.54. The highest BCUT2D eigenvalue weighted by Crippen LogP contribution is 2.20. The summed E-state index contributed by atoms with van der Waals surface area (Å²) in [6, 6.07) is 19.9. The minimum Gasteiger partial charge on any atom is -0.343 e. The number of aromatic nitrogens is 3. The lowest BCUT2D eigenvalue weighted by Crippen LogP contribution is -2.27. The molecule has 1 aromatic heterocycles. The summed E-state index contributed by atoms with van der Waals surface area (Å²) in [5.41, 5.74) is 1.65. The van der Waals surface area contributed by atoms with E-state index in [2.05, 4.69) is 27.5 Å². The molecule has 1 heterocycles. The molecule has 0 bridgehead atoms. The van der Waals surface area contributed by atoms with Crippen molar-refractivity contribution in [1.82, 2.24) is 20.1 Å². The van der Waals surface area contributed by atoms with Gasteiger partial charge in [-0.05, 0) is 60.5 Å². The van der Waals surface area contributed by atoms with Gasteiger partial charge in [-0.1, -0.05) is 36.4 Å². The van der Waals surface area contributed by atoms with Crippen LogP contribution >= 0.6 is 0 Å². The fraction of sp³-hybridized carbons (Fsp3) is 0.136. The number of rotatable bonds is 4. The molecule has 0 saturated heterocycles. The second kappa shape index (κ2) is 7.23. The first kappa shape index (κ1) is 17.9. The van der Waals surface area contributed by atoms with E-state index < -0.39 is 0 Å². The SMILES string of the molecule is Cc1nc(C(=O)N[C@H](C)c2ccc3ccccc3c2)nn1-c1ccc(F)cc1. The van der Waals surface area contributed by atoms with Gasteiger partial charge < -0.3 is 5.32 Å². The molecule has 0 radical (unpaired) electrons. The predicted octanol–water partition coefficient (Wildman–Crippen LogP) is 4.36. The van der Waals surface area contributed by atoms with Crippen molar-refractivity contribution in [3.05, 3.63) is 89.8 Å². The Morgan fingerprint density at radius 2 is 1.75 bits per heavy atom. The van der Waals surface area contributed by atoms with Crippen LogP contribution in [0.4, 0.5) is 4.39 Å². The zero-order valence-electron chi connectivity index (χ0n) is 15.6. The van der Waals surface area contributed by atoms with E-state index in [4.69, 9.17) is 0 Å². The molecule has 1 atom stereocenters. The van der Waals surface area contributed by atoms with E-state index in [0.29, 0.717) is 11.5 Å². The number of nitrogens with zero attached hydrogens (tertiary/aromatic N) is 3.